The first kappa shape index (κ1) is 15.2. The van der Waals surface area contributed by atoms with Crippen LogP contribution in [0.2, 0.25) is 0 Å². The van der Waals surface area contributed by atoms with Gasteiger partial charge in [0.15, 0.2) is 0 Å². The topological polar surface area (TPSA) is 80.9 Å². The maximum Gasteiger partial charge on any atom is 0.328 e. The fraction of sp³-hybridized carbons (Fsp3) is 0.188. The van der Waals surface area contributed by atoms with Gasteiger partial charge >= 0.3 is 10.8 Å². The van der Waals surface area contributed by atoms with Crippen LogP contribution in [-0.2, 0) is 9.53 Å². The SMILES string of the molecule is COC(=O)[C@H](C)n1c(O)c(/C=C2\C=Nc3ccccc32)sc1=O. The minimum atomic E-state index is -0.888. The number of rotatable bonds is 3. The molecule has 1 aliphatic rings. The number of aliphatic imine (C=N–C) groups is 1. The molecule has 23 heavy (non-hydrogen) atoms. The minimum absolute atomic E-state index is 0.247. The summed E-state index contributed by atoms with van der Waals surface area (Å²) in [4.78, 5) is 27.9. The number of nitrogens with zero attached hydrogens (tertiary/aromatic N) is 2. The first-order valence-electron chi connectivity index (χ1n) is 6.90. The average Bonchev–Trinajstić information content (AvgIpc) is 3.08. The second-order valence-corrected chi connectivity index (χ2v) is 5.99. The van der Waals surface area contributed by atoms with Gasteiger partial charge < -0.3 is 9.84 Å². The van der Waals surface area contributed by atoms with Crippen molar-refractivity contribution < 1.29 is 14.6 Å². The molecule has 0 unspecified atom stereocenters. The van der Waals surface area contributed by atoms with E-state index in [9.17, 15) is 14.7 Å². The first-order valence-corrected chi connectivity index (χ1v) is 7.72. The summed E-state index contributed by atoms with van der Waals surface area (Å²) in [5.74, 6) is -0.838. The summed E-state index contributed by atoms with van der Waals surface area (Å²) in [6, 6.07) is 6.71. The maximum atomic E-state index is 12.1. The van der Waals surface area contributed by atoms with Crippen LogP contribution in [0.25, 0.3) is 11.6 Å². The van der Waals surface area contributed by atoms with Crippen LogP contribution in [0.15, 0.2) is 34.1 Å². The number of methoxy groups -OCH3 is 1. The molecular weight excluding hydrogens is 316 g/mol. The van der Waals surface area contributed by atoms with Gasteiger partial charge in [-0.05, 0) is 19.1 Å². The molecule has 0 fully saturated rings. The van der Waals surface area contributed by atoms with Crippen molar-refractivity contribution in [3.63, 3.8) is 0 Å². The number of hydrogen-bond donors (Lipinski definition) is 1. The van der Waals surface area contributed by atoms with Gasteiger partial charge in [-0.3, -0.25) is 14.4 Å². The predicted molar refractivity (Wildman–Crippen MR) is 89.4 cm³/mol. The molecule has 6 nitrogen and oxygen atoms in total. The van der Waals surface area contributed by atoms with E-state index in [-0.39, 0.29) is 5.88 Å². The van der Waals surface area contributed by atoms with Crippen molar-refractivity contribution in [2.75, 3.05) is 7.11 Å². The largest absolute Gasteiger partial charge is 0.493 e. The summed E-state index contributed by atoms with van der Waals surface area (Å²) in [7, 11) is 1.24. The normalized spacial score (nSPS) is 15.7. The van der Waals surface area contributed by atoms with E-state index in [2.05, 4.69) is 9.73 Å². The van der Waals surface area contributed by atoms with E-state index in [0.29, 0.717) is 4.88 Å². The van der Waals surface area contributed by atoms with Crippen molar-refractivity contribution in [1.29, 1.82) is 0 Å². The Balaban J connectivity index is 2.04. The van der Waals surface area contributed by atoms with Crippen LogP contribution in [0.5, 0.6) is 5.88 Å². The zero-order valence-corrected chi connectivity index (χ0v) is 13.3. The number of hydrogen-bond acceptors (Lipinski definition) is 6. The lowest BCUT2D eigenvalue weighted by atomic mass is 10.1. The fourth-order valence-corrected chi connectivity index (χ4v) is 3.31. The fourth-order valence-electron chi connectivity index (χ4n) is 2.40. The highest BCUT2D eigenvalue weighted by Crippen LogP contribution is 2.34. The van der Waals surface area contributed by atoms with Gasteiger partial charge in [-0.1, -0.05) is 29.5 Å². The molecule has 1 N–H and O–H groups in total. The molecule has 0 amide bonds. The number of para-hydroxylation sites is 1. The molecule has 1 aromatic heterocycles. The Kier molecular flexibility index (Phi) is 3.87. The van der Waals surface area contributed by atoms with Crippen LogP contribution in [0.3, 0.4) is 0 Å². The molecule has 0 saturated carbocycles. The van der Waals surface area contributed by atoms with Crippen molar-refractivity contribution in [3.05, 3.63) is 44.4 Å². The molecular formula is C16H14N2O4S. The highest BCUT2D eigenvalue weighted by atomic mass is 32.1. The molecule has 0 spiro atoms. The maximum absolute atomic E-state index is 12.1. The monoisotopic (exact) mass is 330 g/mol. The number of carbonyl (C=O) groups excluding carboxylic acids is 1. The summed E-state index contributed by atoms with van der Waals surface area (Å²) < 4.78 is 5.65. The quantitative estimate of drug-likeness (QED) is 0.877. The number of thiazole rings is 1. The predicted octanol–water partition coefficient (Wildman–Crippen LogP) is 2.61. The molecule has 1 aliphatic heterocycles. The Labute approximate surface area is 136 Å². The van der Waals surface area contributed by atoms with Gasteiger partial charge in [-0.15, -0.1) is 0 Å². The highest BCUT2D eigenvalue weighted by Gasteiger charge is 2.24. The highest BCUT2D eigenvalue weighted by molar-refractivity contribution is 7.10. The van der Waals surface area contributed by atoms with E-state index in [4.69, 9.17) is 0 Å². The van der Waals surface area contributed by atoms with Crippen LogP contribution >= 0.6 is 11.3 Å². The minimum Gasteiger partial charge on any atom is -0.493 e. The molecule has 1 atom stereocenters. The number of allylic oxidation sites excluding steroid dienone is 1. The third-order valence-electron chi connectivity index (χ3n) is 3.62. The van der Waals surface area contributed by atoms with E-state index < -0.39 is 16.9 Å². The molecule has 0 bridgehead atoms. The third kappa shape index (κ3) is 2.59. The zero-order chi connectivity index (χ0) is 16.6. The zero-order valence-electron chi connectivity index (χ0n) is 12.5. The van der Waals surface area contributed by atoms with Gasteiger partial charge in [0.25, 0.3) is 0 Å². The number of esters is 1. The van der Waals surface area contributed by atoms with E-state index in [1.54, 1.807) is 12.3 Å². The lowest BCUT2D eigenvalue weighted by molar-refractivity contribution is -0.144. The second kappa shape index (κ2) is 5.85. The van der Waals surface area contributed by atoms with Gasteiger partial charge in [-0.2, -0.15) is 0 Å². The van der Waals surface area contributed by atoms with E-state index in [1.165, 1.54) is 14.0 Å². The molecule has 0 radical (unpaired) electrons. The standard InChI is InChI=1S/C16H14N2O4S/c1-9(15(20)22-2)18-14(19)13(23-16(18)21)7-10-8-17-12-6-4-3-5-11(10)12/h3-9,19H,1-2H3/b10-7+/t9-/m0/s1. The molecule has 7 heteroatoms. The van der Waals surface area contributed by atoms with Crippen molar-refractivity contribution in [2.24, 2.45) is 4.99 Å². The van der Waals surface area contributed by atoms with Crippen molar-refractivity contribution in [2.45, 2.75) is 13.0 Å². The average molecular weight is 330 g/mol. The Morgan fingerprint density at radius 1 is 1.43 bits per heavy atom. The van der Waals surface area contributed by atoms with Crippen LogP contribution in [0.1, 0.15) is 23.4 Å². The number of carbonyl (C=O) groups is 1. The Bertz CT molecular complexity index is 892. The summed E-state index contributed by atoms with van der Waals surface area (Å²) >= 11 is 0.870. The molecule has 3 rings (SSSR count). The number of aromatic nitrogens is 1. The molecule has 0 aliphatic carbocycles. The lowest BCUT2D eigenvalue weighted by Crippen LogP contribution is -2.24. The summed E-state index contributed by atoms with van der Waals surface area (Å²) in [6.45, 7) is 1.50. The molecule has 2 heterocycles. The summed E-state index contributed by atoms with van der Waals surface area (Å²) in [5.41, 5.74) is 2.57. The van der Waals surface area contributed by atoms with Crippen molar-refractivity contribution in [1.82, 2.24) is 4.57 Å². The van der Waals surface area contributed by atoms with E-state index >= 15 is 0 Å². The first-order chi connectivity index (χ1) is 11.0. The summed E-state index contributed by atoms with van der Waals surface area (Å²) in [6.07, 6.45) is 3.37. The second-order valence-electron chi connectivity index (χ2n) is 5.00. The molecule has 1 aromatic carbocycles. The van der Waals surface area contributed by atoms with Crippen molar-refractivity contribution in [3.8, 4) is 5.88 Å². The Hall–Kier alpha value is -2.67. The van der Waals surface area contributed by atoms with Gasteiger partial charge in [0.1, 0.15) is 6.04 Å². The van der Waals surface area contributed by atoms with Gasteiger partial charge in [0.2, 0.25) is 5.88 Å². The number of aromatic hydroxyl groups is 1. The summed E-state index contributed by atoms with van der Waals surface area (Å²) in [5, 5.41) is 10.3. The van der Waals surface area contributed by atoms with Crippen LogP contribution in [-0.4, -0.2) is 29.0 Å². The number of ether oxygens (including phenoxy) is 1. The van der Waals surface area contributed by atoms with Crippen LogP contribution in [0, 0.1) is 0 Å². The lowest BCUT2D eigenvalue weighted by Gasteiger charge is -2.10. The van der Waals surface area contributed by atoms with Crippen LogP contribution in [0.4, 0.5) is 5.69 Å². The van der Waals surface area contributed by atoms with Gasteiger partial charge in [0.05, 0.1) is 17.7 Å². The van der Waals surface area contributed by atoms with Crippen molar-refractivity contribution >= 4 is 40.9 Å². The molecule has 0 saturated heterocycles. The van der Waals surface area contributed by atoms with Crippen LogP contribution < -0.4 is 4.87 Å². The third-order valence-corrected chi connectivity index (χ3v) is 4.51. The number of fused-ring (bicyclic) bond motifs is 1. The van der Waals surface area contributed by atoms with Gasteiger partial charge in [0, 0.05) is 17.4 Å². The Morgan fingerprint density at radius 2 is 2.17 bits per heavy atom. The smallest absolute Gasteiger partial charge is 0.328 e. The number of benzene rings is 1. The van der Waals surface area contributed by atoms with E-state index in [0.717, 1.165) is 32.7 Å². The molecule has 118 valence electrons. The molecule has 2 aromatic rings. The van der Waals surface area contributed by atoms with Gasteiger partial charge in [-0.25, -0.2) is 4.79 Å². The Morgan fingerprint density at radius 3 is 2.91 bits per heavy atom. The van der Waals surface area contributed by atoms with E-state index in [1.807, 2.05) is 24.3 Å².